The van der Waals surface area contributed by atoms with Crippen molar-refractivity contribution in [3.8, 4) is 0 Å². The molecule has 1 aromatic rings. The molecule has 0 amide bonds. The third kappa shape index (κ3) is 4.85. The fourth-order valence-corrected chi connectivity index (χ4v) is 5.19. The van der Waals surface area contributed by atoms with Gasteiger partial charge in [0.2, 0.25) is 0 Å². The second kappa shape index (κ2) is 6.81. The van der Waals surface area contributed by atoms with Crippen LogP contribution in [0.4, 0.5) is 0 Å². The lowest BCUT2D eigenvalue weighted by Gasteiger charge is -2.20. The van der Waals surface area contributed by atoms with E-state index in [-0.39, 0.29) is 0 Å². The van der Waals surface area contributed by atoms with E-state index in [1.807, 2.05) is 11.6 Å². The summed E-state index contributed by atoms with van der Waals surface area (Å²) in [5.41, 5.74) is 0. The van der Waals surface area contributed by atoms with Crippen LogP contribution in [0.25, 0.3) is 0 Å². The van der Waals surface area contributed by atoms with Crippen LogP contribution >= 0.6 is 11.3 Å². The molecule has 2 unspecified atom stereocenters. The van der Waals surface area contributed by atoms with Gasteiger partial charge in [-0.15, -0.1) is 11.3 Å². The van der Waals surface area contributed by atoms with E-state index in [0.29, 0.717) is 23.5 Å². The van der Waals surface area contributed by atoms with Gasteiger partial charge in [-0.1, -0.05) is 6.92 Å². The molecule has 2 rings (SSSR count). The topological polar surface area (TPSA) is 59.1 Å². The Bertz CT molecular complexity index is 471. The highest BCUT2D eigenvalue weighted by atomic mass is 32.2. The molecule has 19 heavy (non-hydrogen) atoms. The molecular weight excluding hydrogens is 280 g/mol. The summed E-state index contributed by atoms with van der Waals surface area (Å²) >= 11 is 1.67. The minimum atomic E-state index is -2.76. The third-order valence-corrected chi connectivity index (χ3v) is 6.17. The summed E-state index contributed by atoms with van der Waals surface area (Å²) in [5.74, 6) is 1.06. The van der Waals surface area contributed by atoms with Gasteiger partial charge in [-0.25, -0.2) is 13.4 Å². The van der Waals surface area contributed by atoms with Crippen LogP contribution in [0, 0.1) is 5.92 Å². The van der Waals surface area contributed by atoms with Gasteiger partial charge in [0, 0.05) is 24.0 Å². The molecule has 0 saturated carbocycles. The lowest BCUT2D eigenvalue weighted by Crippen LogP contribution is -2.34. The largest absolute Gasteiger partial charge is 0.314 e. The van der Waals surface area contributed by atoms with Crippen LogP contribution in [0.15, 0.2) is 11.6 Å². The Morgan fingerprint density at radius 1 is 1.58 bits per heavy atom. The maximum atomic E-state index is 11.5. The average molecular weight is 302 g/mol. The Hall–Kier alpha value is -0.460. The van der Waals surface area contributed by atoms with Gasteiger partial charge in [-0.2, -0.15) is 0 Å². The van der Waals surface area contributed by atoms with Gasteiger partial charge >= 0.3 is 0 Å². The van der Waals surface area contributed by atoms with E-state index in [1.54, 1.807) is 11.3 Å². The van der Waals surface area contributed by atoms with Crippen LogP contribution < -0.4 is 5.32 Å². The van der Waals surface area contributed by atoms with Crippen LogP contribution in [0.5, 0.6) is 0 Å². The second-order valence-electron chi connectivity index (χ2n) is 5.29. The highest BCUT2D eigenvalue weighted by Crippen LogP contribution is 2.24. The van der Waals surface area contributed by atoms with Gasteiger partial charge in [-0.3, -0.25) is 0 Å². The molecule has 0 aliphatic carbocycles. The molecule has 108 valence electrons. The average Bonchev–Trinajstić information content (AvgIpc) is 2.96. The fraction of sp³-hybridized carbons (Fsp3) is 0.769. The van der Waals surface area contributed by atoms with E-state index >= 15 is 0 Å². The molecule has 0 bridgehead atoms. The van der Waals surface area contributed by atoms with E-state index in [2.05, 4.69) is 17.2 Å². The highest BCUT2D eigenvalue weighted by Gasteiger charge is 2.29. The number of rotatable bonds is 7. The Labute approximate surface area is 119 Å². The van der Waals surface area contributed by atoms with Crippen LogP contribution in [-0.4, -0.2) is 37.5 Å². The number of nitrogens with zero attached hydrogens (tertiary/aromatic N) is 1. The van der Waals surface area contributed by atoms with E-state index in [4.69, 9.17) is 0 Å². The molecule has 2 heterocycles. The van der Waals surface area contributed by atoms with Crippen LogP contribution in [0.3, 0.4) is 0 Å². The first-order valence-electron chi connectivity index (χ1n) is 6.91. The van der Waals surface area contributed by atoms with Crippen molar-refractivity contribution in [2.24, 2.45) is 5.92 Å². The van der Waals surface area contributed by atoms with Gasteiger partial charge in [0.1, 0.15) is 0 Å². The molecule has 1 fully saturated rings. The Morgan fingerprint density at radius 3 is 3.00 bits per heavy atom. The number of aromatic nitrogens is 1. The molecule has 0 spiro atoms. The predicted octanol–water partition coefficient (Wildman–Crippen LogP) is 1.88. The first-order chi connectivity index (χ1) is 9.09. The maximum Gasteiger partial charge on any atom is 0.150 e. The normalized spacial score (nSPS) is 23.5. The molecule has 0 radical (unpaired) electrons. The number of sulfone groups is 1. The summed E-state index contributed by atoms with van der Waals surface area (Å²) in [6, 6.07) is 0.351. The number of thiazole rings is 1. The minimum Gasteiger partial charge on any atom is -0.314 e. The molecule has 1 aliphatic heterocycles. The smallest absolute Gasteiger partial charge is 0.150 e. The molecule has 1 aliphatic rings. The Kier molecular flexibility index (Phi) is 5.36. The van der Waals surface area contributed by atoms with Crippen molar-refractivity contribution >= 4 is 21.2 Å². The van der Waals surface area contributed by atoms with E-state index in [0.717, 1.165) is 37.2 Å². The zero-order valence-corrected chi connectivity index (χ0v) is 13.0. The molecule has 1 N–H and O–H groups in total. The summed E-state index contributed by atoms with van der Waals surface area (Å²) in [6.07, 6.45) is 5.60. The molecule has 2 atom stereocenters. The Balaban J connectivity index is 1.90. The molecule has 6 heteroatoms. The molecular formula is C13H22N2O2S2. The zero-order valence-electron chi connectivity index (χ0n) is 11.3. The molecule has 1 saturated heterocycles. The van der Waals surface area contributed by atoms with E-state index < -0.39 is 9.84 Å². The van der Waals surface area contributed by atoms with Gasteiger partial charge in [-0.05, 0) is 31.7 Å². The zero-order chi connectivity index (χ0) is 13.7. The van der Waals surface area contributed by atoms with E-state index in [1.165, 1.54) is 0 Å². The third-order valence-electron chi connectivity index (χ3n) is 3.53. The van der Waals surface area contributed by atoms with Crippen LogP contribution in [0.2, 0.25) is 0 Å². The van der Waals surface area contributed by atoms with Gasteiger partial charge in [0.05, 0.1) is 16.5 Å². The lowest BCUT2D eigenvalue weighted by molar-refractivity contribution is 0.402. The Morgan fingerprint density at radius 2 is 2.42 bits per heavy atom. The van der Waals surface area contributed by atoms with Crippen molar-refractivity contribution in [2.75, 3.05) is 18.1 Å². The predicted molar refractivity (Wildman–Crippen MR) is 79.3 cm³/mol. The van der Waals surface area contributed by atoms with Crippen LogP contribution in [0.1, 0.15) is 31.2 Å². The van der Waals surface area contributed by atoms with Gasteiger partial charge in [0.25, 0.3) is 0 Å². The number of hydrogen-bond donors (Lipinski definition) is 1. The molecule has 4 nitrogen and oxygen atoms in total. The summed E-state index contributed by atoms with van der Waals surface area (Å²) in [7, 11) is -2.76. The van der Waals surface area contributed by atoms with Gasteiger partial charge in [0.15, 0.2) is 9.84 Å². The first-order valence-corrected chi connectivity index (χ1v) is 9.61. The summed E-state index contributed by atoms with van der Waals surface area (Å²) < 4.78 is 23.0. The van der Waals surface area contributed by atoms with Crippen molar-refractivity contribution in [1.29, 1.82) is 0 Å². The summed E-state index contributed by atoms with van der Waals surface area (Å²) in [6.45, 7) is 3.13. The monoisotopic (exact) mass is 302 g/mol. The summed E-state index contributed by atoms with van der Waals surface area (Å²) in [4.78, 5) is 4.33. The maximum absolute atomic E-state index is 11.5. The van der Waals surface area contributed by atoms with Crippen molar-refractivity contribution in [3.63, 3.8) is 0 Å². The second-order valence-corrected chi connectivity index (χ2v) is 8.49. The van der Waals surface area contributed by atoms with Gasteiger partial charge < -0.3 is 5.32 Å². The van der Waals surface area contributed by atoms with Crippen molar-refractivity contribution in [2.45, 2.75) is 38.6 Å². The lowest BCUT2D eigenvalue weighted by atomic mass is 9.97. The van der Waals surface area contributed by atoms with Crippen molar-refractivity contribution < 1.29 is 8.42 Å². The quantitative estimate of drug-likeness (QED) is 0.835. The van der Waals surface area contributed by atoms with Crippen molar-refractivity contribution in [1.82, 2.24) is 10.3 Å². The van der Waals surface area contributed by atoms with Crippen molar-refractivity contribution in [3.05, 3.63) is 16.6 Å². The SMILES string of the molecule is CCCNC(Cc1nccs1)CC1CCS(=O)(=O)C1. The standard InChI is InChI=1S/C13H22N2O2S2/c1-2-4-14-12(9-13-15-5-6-18-13)8-11-3-7-19(16,17)10-11/h5-6,11-12,14H,2-4,7-10H2,1H3. The summed E-state index contributed by atoms with van der Waals surface area (Å²) in [5, 5.41) is 6.66. The van der Waals surface area contributed by atoms with E-state index in [9.17, 15) is 8.42 Å². The minimum absolute atomic E-state index is 0.319. The fourth-order valence-electron chi connectivity index (χ4n) is 2.61. The number of hydrogen-bond acceptors (Lipinski definition) is 5. The molecule has 0 aromatic carbocycles. The first kappa shape index (κ1) is 14.9. The van der Waals surface area contributed by atoms with Crippen LogP contribution in [-0.2, 0) is 16.3 Å². The number of nitrogens with one attached hydrogen (secondary N) is 1. The molecule has 1 aromatic heterocycles. The highest BCUT2D eigenvalue weighted by molar-refractivity contribution is 7.91.